The monoisotopic (exact) mass is 246 g/mol. The first-order chi connectivity index (χ1) is 8.68. The standard InChI is InChI=1S/C16H26N2/c1-3-16(17,15-10-6-4-7-11-15)14(2)18-12-8-5-9-13-18/h4,6-7,10-11,14H,3,5,8-9,12-13,17H2,1-2H3. The minimum absolute atomic E-state index is 0.224. The number of nitrogens with zero attached hydrogens (tertiary/aromatic N) is 1. The van der Waals surface area contributed by atoms with Crippen LogP contribution in [0.3, 0.4) is 0 Å². The molecule has 1 aromatic rings. The lowest BCUT2D eigenvalue weighted by molar-refractivity contribution is 0.106. The maximum atomic E-state index is 6.75. The lowest BCUT2D eigenvalue weighted by Gasteiger charge is -2.43. The molecule has 1 aliphatic heterocycles. The molecule has 2 atom stereocenters. The summed E-state index contributed by atoms with van der Waals surface area (Å²) in [6.45, 7) is 6.90. The number of benzene rings is 1. The summed E-state index contributed by atoms with van der Waals surface area (Å²) in [5.41, 5.74) is 7.80. The summed E-state index contributed by atoms with van der Waals surface area (Å²) in [7, 11) is 0. The Kier molecular flexibility index (Phi) is 4.41. The van der Waals surface area contributed by atoms with Crippen molar-refractivity contribution in [1.82, 2.24) is 4.90 Å². The fourth-order valence-electron chi connectivity index (χ4n) is 3.12. The van der Waals surface area contributed by atoms with Crippen molar-refractivity contribution in [2.75, 3.05) is 13.1 Å². The van der Waals surface area contributed by atoms with Crippen LogP contribution in [0.4, 0.5) is 0 Å². The molecule has 0 bridgehead atoms. The first-order valence-corrected chi connectivity index (χ1v) is 7.27. The molecule has 0 radical (unpaired) electrons. The van der Waals surface area contributed by atoms with Crippen molar-refractivity contribution in [3.05, 3.63) is 35.9 Å². The van der Waals surface area contributed by atoms with Crippen molar-refractivity contribution in [2.24, 2.45) is 5.73 Å². The summed E-state index contributed by atoms with van der Waals surface area (Å²) in [6, 6.07) is 11.0. The molecule has 100 valence electrons. The molecule has 2 heteroatoms. The first kappa shape index (κ1) is 13.6. The van der Waals surface area contributed by atoms with Gasteiger partial charge in [0, 0.05) is 6.04 Å². The smallest absolute Gasteiger partial charge is 0.0561 e. The molecule has 2 rings (SSSR count). The molecule has 18 heavy (non-hydrogen) atoms. The molecule has 1 aromatic carbocycles. The van der Waals surface area contributed by atoms with E-state index in [2.05, 4.69) is 49.1 Å². The zero-order valence-electron chi connectivity index (χ0n) is 11.7. The number of piperidine rings is 1. The predicted octanol–water partition coefficient (Wildman–Crippen LogP) is 3.13. The van der Waals surface area contributed by atoms with E-state index in [1.807, 2.05) is 0 Å². The molecule has 1 aliphatic rings. The molecular formula is C16H26N2. The summed E-state index contributed by atoms with van der Waals surface area (Å²) >= 11 is 0. The van der Waals surface area contributed by atoms with E-state index in [9.17, 15) is 0 Å². The van der Waals surface area contributed by atoms with E-state index in [0.717, 1.165) is 6.42 Å². The molecule has 2 unspecified atom stereocenters. The van der Waals surface area contributed by atoms with Gasteiger partial charge >= 0.3 is 0 Å². The highest BCUT2D eigenvalue weighted by atomic mass is 15.2. The van der Waals surface area contributed by atoms with Gasteiger partial charge < -0.3 is 5.73 Å². The summed E-state index contributed by atoms with van der Waals surface area (Å²) in [5, 5.41) is 0. The van der Waals surface area contributed by atoms with Crippen LogP contribution < -0.4 is 5.73 Å². The van der Waals surface area contributed by atoms with Crippen LogP contribution in [0.2, 0.25) is 0 Å². The van der Waals surface area contributed by atoms with E-state index in [0.29, 0.717) is 6.04 Å². The van der Waals surface area contributed by atoms with Gasteiger partial charge in [0.25, 0.3) is 0 Å². The third-order valence-electron chi connectivity index (χ3n) is 4.58. The second-order valence-corrected chi connectivity index (χ2v) is 5.53. The Hall–Kier alpha value is -0.860. The van der Waals surface area contributed by atoms with Crippen LogP contribution in [0, 0.1) is 0 Å². The summed E-state index contributed by atoms with van der Waals surface area (Å²) in [4.78, 5) is 2.57. The third-order valence-corrected chi connectivity index (χ3v) is 4.58. The summed E-state index contributed by atoms with van der Waals surface area (Å²) < 4.78 is 0. The molecule has 1 heterocycles. The van der Waals surface area contributed by atoms with E-state index < -0.39 is 0 Å². The Morgan fingerprint density at radius 3 is 2.33 bits per heavy atom. The average Bonchev–Trinajstić information content (AvgIpc) is 2.47. The third kappa shape index (κ3) is 2.60. The van der Waals surface area contributed by atoms with E-state index in [4.69, 9.17) is 5.73 Å². The van der Waals surface area contributed by atoms with Gasteiger partial charge in [-0.2, -0.15) is 0 Å². The predicted molar refractivity (Wildman–Crippen MR) is 77.5 cm³/mol. The van der Waals surface area contributed by atoms with Gasteiger partial charge in [-0.3, -0.25) is 4.90 Å². The fraction of sp³-hybridized carbons (Fsp3) is 0.625. The fourth-order valence-corrected chi connectivity index (χ4v) is 3.12. The summed E-state index contributed by atoms with van der Waals surface area (Å²) in [5.74, 6) is 0. The van der Waals surface area contributed by atoms with Crippen molar-refractivity contribution in [3.8, 4) is 0 Å². The number of nitrogens with two attached hydrogens (primary N) is 1. The number of likely N-dealkylation sites (tertiary alicyclic amines) is 1. The summed E-state index contributed by atoms with van der Waals surface area (Å²) in [6.07, 6.45) is 4.99. The molecule has 0 aliphatic carbocycles. The van der Waals surface area contributed by atoms with Crippen molar-refractivity contribution >= 4 is 0 Å². The second kappa shape index (κ2) is 5.85. The molecule has 2 N–H and O–H groups in total. The van der Waals surface area contributed by atoms with Crippen molar-refractivity contribution < 1.29 is 0 Å². The number of rotatable bonds is 4. The van der Waals surface area contributed by atoms with Crippen LogP contribution in [0.15, 0.2) is 30.3 Å². The van der Waals surface area contributed by atoms with Crippen LogP contribution >= 0.6 is 0 Å². The van der Waals surface area contributed by atoms with E-state index in [1.165, 1.54) is 37.9 Å². The second-order valence-electron chi connectivity index (χ2n) is 5.53. The number of hydrogen-bond acceptors (Lipinski definition) is 2. The van der Waals surface area contributed by atoms with Gasteiger partial charge in [-0.15, -0.1) is 0 Å². The maximum Gasteiger partial charge on any atom is 0.0561 e. The highest BCUT2D eigenvalue weighted by molar-refractivity contribution is 5.26. The van der Waals surface area contributed by atoms with Crippen LogP contribution in [0.1, 0.15) is 45.1 Å². The SMILES string of the molecule is CCC(N)(c1ccccc1)C(C)N1CCCCC1. The van der Waals surface area contributed by atoms with E-state index in [1.54, 1.807) is 0 Å². The van der Waals surface area contributed by atoms with Gasteiger partial charge in [-0.25, -0.2) is 0 Å². The maximum absolute atomic E-state index is 6.75. The molecule has 1 saturated heterocycles. The molecule has 0 amide bonds. The van der Waals surface area contributed by atoms with Crippen LogP contribution in [0.25, 0.3) is 0 Å². The van der Waals surface area contributed by atoms with Gasteiger partial charge in [-0.05, 0) is 44.8 Å². The quantitative estimate of drug-likeness (QED) is 0.884. The molecule has 0 aromatic heterocycles. The Morgan fingerprint density at radius 1 is 1.17 bits per heavy atom. The van der Waals surface area contributed by atoms with Gasteiger partial charge in [-0.1, -0.05) is 43.7 Å². The lowest BCUT2D eigenvalue weighted by Crippen LogP contribution is -2.55. The molecule has 0 spiro atoms. The molecular weight excluding hydrogens is 220 g/mol. The van der Waals surface area contributed by atoms with Crippen molar-refractivity contribution in [3.63, 3.8) is 0 Å². The largest absolute Gasteiger partial charge is 0.320 e. The van der Waals surface area contributed by atoms with Crippen molar-refractivity contribution in [1.29, 1.82) is 0 Å². The van der Waals surface area contributed by atoms with Gasteiger partial charge in [0.15, 0.2) is 0 Å². The first-order valence-electron chi connectivity index (χ1n) is 7.27. The van der Waals surface area contributed by atoms with Crippen molar-refractivity contribution in [2.45, 2.75) is 51.1 Å². The van der Waals surface area contributed by atoms with Crippen LogP contribution in [0.5, 0.6) is 0 Å². The minimum atomic E-state index is -0.224. The average molecular weight is 246 g/mol. The minimum Gasteiger partial charge on any atom is -0.320 e. The van der Waals surface area contributed by atoms with Crippen LogP contribution in [-0.4, -0.2) is 24.0 Å². The Bertz CT molecular complexity index is 357. The topological polar surface area (TPSA) is 29.3 Å². The highest BCUT2D eigenvalue weighted by Gasteiger charge is 2.35. The van der Waals surface area contributed by atoms with Gasteiger partial charge in [0.2, 0.25) is 0 Å². The molecule has 1 fully saturated rings. The molecule has 2 nitrogen and oxygen atoms in total. The lowest BCUT2D eigenvalue weighted by atomic mass is 9.81. The Balaban J connectivity index is 2.20. The van der Waals surface area contributed by atoms with Crippen LogP contribution in [-0.2, 0) is 5.54 Å². The Morgan fingerprint density at radius 2 is 1.78 bits per heavy atom. The number of hydrogen-bond donors (Lipinski definition) is 1. The van der Waals surface area contributed by atoms with E-state index >= 15 is 0 Å². The normalized spacial score (nSPS) is 22.4. The zero-order valence-corrected chi connectivity index (χ0v) is 11.7. The Labute approximate surface area is 111 Å². The molecule has 0 saturated carbocycles. The van der Waals surface area contributed by atoms with Gasteiger partial charge in [0.05, 0.1) is 5.54 Å². The zero-order chi connectivity index (χ0) is 13.0. The van der Waals surface area contributed by atoms with E-state index in [-0.39, 0.29) is 5.54 Å². The highest BCUT2D eigenvalue weighted by Crippen LogP contribution is 2.30. The van der Waals surface area contributed by atoms with Gasteiger partial charge in [0.1, 0.15) is 0 Å².